The van der Waals surface area contributed by atoms with E-state index in [1.54, 1.807) is 0 Å². The van der Waals surface area contributed by atoms with Crippen LogP contribution in [0.2, 0.25) is 0 Å². The van der Waals surface area contributed by atoms with Crippen molar-refractivity contribution in [2.45, 2.75) is 58.4 Å². The van der Waals surface area contributed by atoms with Crippen molar-refractivity contribution in [3.8, 4) is 11.3 Å². The minimum atomic E-state index is -0.116. The van der Waals surface area contributed by atoms with Gasteiger partial charge in [-0.05, 0) is 37.2 Å². The molecular formula is C23H31N3O2S2. The van der Waals surface area contributed by atoms with E-state index in [1.165, 1.54) is 35.1 Å². The number of carbonyl (C=O) groups excluding carboxylic acids is 2. The zero-order valence-electron chi connectivity index (χ0n) is 18.0. The van der Waals surface area contributed by atoms with Crippen LogP contribution in [0.4, 0.5) is 5.13 Å². The molecule has 7 heteroatoms. The monoisotopic (exact) mass is 445 g/mol. The molecule has 1 aliphatic rings. The average Bonchev–Trinajstić information content (AvgIpc) is 3.22. The second-order valence-corrected chi connectivity index (χ2v) is 9.84. The molecule has 162 valence electrons. The third-order valence-corrected chi connectivity index (χ3v) is 7.18. The average molecular weight is 446 g/mol. The normalized spacial score (nSPS) is 16.7. The van der Waals surface area contributed by atoms with E-state index in [4.69, 9.17) is 0 Å². The minimum Gasteiger partial charge on any atom is -0.339 e. The van der Waals surface area contributed by atoms with E-state index in [0.717, 1.165) is 37.1 Å². The highest BCUT2D eigenvalue weighted by Gasteiger charge is 2.25. The maximum absolute atomic E-state index is 12.5. The van der Waals surface area contributed by atoms with Crippen LogP contribution in [0.25, 0.3) is 11.3 Å². The molecule has 0 radical (unpaired) electrons. The van der Waals surface area contributed by atoms with Gasteiger partial charge in [-0.15, -0.1) is 23.1 Å². The van der Waals surface area contributed by atoms with Gasteiger partial charge in [0.25, 0.3) is 0 Å². The number of carbonyl (C=O) groups is 2. The maximum atomic E-state index is 12.5. The summed E-state index contributed by atoms with van der Waals surface area (Å²) in [7, 11) is 0. The van der Waals surface area contributed by atoms with Gasteiger partial charge in [0.1, 0.15) is 0 Å². The third kappa shape index (κ3) is 6.08. The standard InChI is InChI=1S/C23H31N3O2S2/c1-4-19-7-5-6-12-26(19)22(28)15-29-14-21(27)25-23-24-20(13-30-23)18-10-8-17(9-11-18)16(2)3/h8-11,13,16,19H,4-7,12,14-15H2,1-3H3,(H,24,25,27). The predicted octanol–water partition coefficient (Wildman–Crippen LogP) is 5.40. The fourth-order valence-electron chi connectivity index (χ4n) is 3.73. The van der Waals surface area contributed by atoms with Gasteiger partial charge in [-0.1, -0.05) is 45.0 Å². The molecule has 0 bridgehead atoms. The molecule has 2 heterocycles. The van der Waals surface area contributed by atoms with Crippen molar-refractivity contribution < 1.29 is 9.59 Å². The first kappa shape index (κ1) is 22.8. The fraction of sp³-hybridized carbons (Fsp3) is 0.522. The summed E-state index contributed by atoms with van der Waals surface area (Å²) < 4.78 is 0. The number of hydrogen-bond acceptors (Lipinski definition) is 5. The molecular weight excluding hydrogens is 414 g/mol. The number of nitrogens with zero attached hydrogens (tertiary/aromatic N) is 2. The topological polar surface area (TPSA) is 62.3 Å². The molecule has 3 rings (SSSR count). The van der Waals surface area contributed by atoms with E-state index in [2.05, 4.69) is 55.3 Å². The molecule has 5 nitrogen and oxygen atoms in total. The number of amides is 2. The summed E-state index contributed by atoms with van der Waals surface area (Å²) in [6, 6.07) is 8.75. The van der Waals surface area contributed by atoms with E-state index >= 15 is 0 Å². The van der Waals surface area contributed by atoms with E-state index in [1.807, 2.05) is 10.3 Å². The van der Waals surface area contributed by atoms with Crippen LogP contribution in [0.1, 0.15) is 57.9 Å². The van der Waals surface area contributed by atoms with Crippen LogP contribution in [0.15, 0.2) is 29.6 Å². The summed E-state index contributed by atoms with van der Waals surface area (Å²) in [5.41, 5.74) is 3.20. The van der Waals surface area contributed by atoms with Gasteiger partial charge in [0.2, 0.25) is 11.8 Å². The van der Waals surface area contributed by atoms with E-state index < -0.39 is 0 Å². The highest BCUT2D eigenvalue weighted by molar-refractivity contribution is 8.00. The van der Waals surface area contributed by atoms with Crippen LogP contribution < -0.4 is 5.32 Å². The first-order valence-corrected chi connectivity index (χ1v) is 12.7. The number of thiazole rings is 1. The summed E-state index contributed by atoms with van der Waals surface area (Å²) >= 11 is 2.80. The quantitative estimate of drug-likeness (QED) is 0.591. The molecule has 2 aromatic rings. The summed E-state index contributed by atoms with van der Waals surface area (Å²) in [4.78, 5) is 31.3. The smallest absolute Gasteiger partial charge is 0.236 e. The Morgan fingerprint density at radius 1 is 1.23 bits per heavy atom. The lowest BCUT2D eigenvalue weighted by Gasteiger charge is -2.35. The van der Waals surface area contributed by atoms with Crippen molar-refractivity contribution in [3.05, 3.63) is 35.2 Å². The molecule has 1 aliphatic heterocycles. The molecule has 30 heavy (non-hydrogen) atoms. The molecule has 1 unspecified atom stereocenters. The van der Waals surface area contributed by atoms with Crippen molar-refractivity contribution in [3.63, 3.8) is 0 Å². The van der Waals surface area contributed by atoms with Gasteiger partial charge < -0.3 is 10.2 Å². The van der Waals surface area contributed by atoms with E-state index in [9.17, 15) is 9.59 Å². The number of anilines is 1. The molecule has 0 spiro atoms. The molecule has 2 amide bonds. The molecule has 0 aliphatic carbocycles. The lowest BCUT2D eigenvalue weighted by molar-refractivity contribution is -0.132. The number of thioether (sulfide) groups is 1. The van der Waals surface area contributed by atoms with Crippen LogP contribution in [0, 0.1) is 0 Å². The Morgan fingerprint density at radius 3 is 2.70 bits per heavy atom. The number of hydrogen-bond donors (Lipinski definition) is 1. The highest BCUT2D eigenvalue weighted by Crippen LogP contribution is 2.27. The summed E-state index contributed by atoms with van der Waals surface area (Å²) in [5, 5.41) is 5.41. The van der Waals surface area contributed by atoms with Gasteiger partial charge in [-0.25, -0.2) is 4.98 Å². The van der Waals surface area contributed by atoms with Crippen molar-refractivity contribution in [2.75, 3.05) is 23.4 Å². The van der Waals surface area contributed by atoms with Crippen molar-refractivity contribution >= 4 is 40.0 Å². The van der Waals surface area contributed by atoms with Crippen LogP contribution in [-0.2, 0) is 9.59 Å². The molecule has 1 fully saturated rings. The van der Waals surface area contributed by atoms with Gasteiger partial charge >= 0.3 is 0 Å². The number of likely N-dealkylation sites (tertiary alicyclic amines) is 1. The number of nitrogens with one attached hydrogen (secondary N) is 1. The van der Waals surface area contributed by atoms with Crippen molar-refractivity contribution in [2.24, 2.45) is 0 Å². The van der Waals surface area contributed by atoms with Crippen molar-refractivity contribution in [1.29, 1.82) is 0 Å². The predicted molar refractivity (Wildman–Crippen MR) is 127 cm³/mol. The zero-order valence-corrected chi connectivity index (χ0v) is 19.7. The van der Waals surface area contributed by atoms with Crippen LogP contribution in [-0.4, -0.2) is 45.8 Å². The second kappa shape index (κ2) is 11.0. The molecule has 1 aromatic heterocycles. The Bertz CT molecular complexity index is 848. The second-order valence-electron chi connectivity index (χ2n) is 8.00. The number of rotatable bonds is 8. The number of benzene rings is 1. The van der Waals surface area contributed by atoms with Gasteiger partial charge in [-0.2, -0.15) is 0 Å². The number of aromatic nitrogens is 1. The first-order chi connectivity index (χ1) is 14.5. The zero-order chi connectivity index (χ0) is 21.5. The molecule has 1 atom stereocenters. The van der Waals surface area contributed by atoms with Gasteiger partial charge in [-0.3, -0.25) is 9.59 Å². The summed E-state index contributed by atoms with van der Waals surface area (Å²) in [5.74, 6) is 1.15. The van der Waals surface area contributed by atoms with Crippen LogP contribution >= 0.6 is 23.1 Å². The molecule has 1 N–H and O–H groups in total. The molecule has 1 saturated heterocycles. The Kier molecular flexibility index (Phi) is 8.33. The Balaban J connectivity index is 1.46. The van der Waals surface area contributed by atoms with Gasteiger partial charge in [0, 0.05) is 23.5 Å². The van der Waals surface area contributed by atoms with E-state index in [0.29, 0.717) is 22.8 Å². The van der Waals surface area contributed by atoms with Crippen molar-refractivity contribution in [1.82, 2.24) is 9.88 Å². The maximum Gasteiger partial charge on any atom is 0.236 e. The molecule has 1 aromatic carbocycles. The fourth-order valence-corrected chi connectivity index (χ4v) is 5.16. The van der Waals surface area contributed by atoms with Gasteiger partial charge in [0.05, 0.1) is 17.2 Å². The SMILES string of the molecule is CCC1CCCCN1C(=O)CSCC(=O)Nc1nc(-c2ccc(C(C)C)cc2)cs1. The van der Waals surface area contributed by atoms with Gasteiger partial charge in [0.15, 0.2) is 5.13 Å². The highest BCUT2D eigenvalue weighted by atomic mass is 32.2. The van der Waals surface area contributed by atoms with Crippen LogP contribution in [0.5, 0.6) is 0 Å². The Labute approximate surface area is 187 Å². The molecule has 0 saturated carbocycles. The summed E-state index contributed by atoms with van der Waals surface area (Å²) in [6.45, 7) is 7.33. The minimum absolute atomic E-state index is 0.116. The Morgan fingerprint density at radius 2 is 2.00 bits per heavy atom. The lowest BCUT2D eigenvalue weighted by Crippen LogP contribution is -2.44. The number of piperidine rings is 1. The van der Waals surface area contributed by atoms with E-state index in [-0.39, 0.29) is 17.6 Å². The first-order valence-electron chi connectivity index (χ1n) is 10.7. The summed E-state index contributed by atoms with van der Waals surface area (Å²) in [6.07, 6.45) is 4.39. The van der Waals surface area contributed by atoms with Crippen LogP contribution in [0.3, 0.4) is 0 Å². The Hall–Kier alpha value is -1.86. The largest absolute Gasteiger partial charge is 0.339 e. The lowest BCUT2D eigenvalue weighted by atomic mass is 10.0. The third-order valence-electron chi connectivity index (χ3n) is 5.50.